The molecule has 0 radical (unpaired) electrons. The zero-order valence-corrected chi connectivity index (χ0v) is 11.1. The van der Waals surface area contributed by atoms with Gasteiger partial charge in [0.25, 0.3) is 5.91 Å². The Morgan fingerprint density at radius 2 is 2.11 bits per heavy atom. The summed E-state index contributed by atoms with van der Waals surface area (Å²) in [5.41, 5.74) is 1.24. The number of hydrogen-bond acceptors (Lipinski definition) is 3. The molecule has 1 rings (SSSR count). The van der Waals surface area contributed by atoms with Crippen LogP contribution in [0.3, 0.4) is 0 Å². The fraction of sp³-hybridized carbons (Fsp3) is 0.400. The second kappa shape index (κ2) is 8.30. The molecular weight excluding hydrogens is 242 g/mol. The molecule has 1 aromatic carbocycles. The number of nitrogens with zero attached hydrogens (tertiary/aromatic N) is 1. The fourth-order valence-corrected chi connectivity index (χ4v) is 1.76. The third kappa shape index (κ3) is 4.74. The first kappa shape index (κ1) is 15.2. The lowest BCUT2D eigenvalue weighted by Gasteiger charge is -2.21. The Hall–Kier alpha value is -1.83. The SMILES string of the molecule is CCCN(CCO)C(=O)c1cccc(C#CCO)c1. The molecule has 0 saturated carbocycles. The maximum atomic E-state index is 12.3. The van der Waals surface area contributed by atoms with Crippen LogP contribution >= 0.6 is 0 Å². The van der Waals surface area contributed by atoms with Gasteiger partial charge in [-0.05, 0) is 24.6 Å². The van der Waals surface area contributed by atoms with E-state index in [-0.39, 0.29) is 19.1 Å². The lowest BCUT2D eigenvalue weighted by Crippen LogP contribution is -2.34. The number of carbonyl (C=O) groups is 1. The minimum atomic E-state index is -0.204. The molecule has 0 aromatic heterocycles. The van der Waals surface area contributed by atoms with Crippen LogP contribution in [-0.4, -0.2) is 47.3 Å². The average Bonchev–Trinajstić information content (AvgIpc) is 2.44. The number of carbonyl (C=O) groups excluding carboxylic acids is 1. The summed E-state index contributed by atoms with van der Waals surface area (Å²) in [7, 11) is 0. The third-order valence-corrected chi connectivity index (χ3v) is 2.57. The summed E-state index contributed by atoms with van der Waals surface area (Å²) in [6, 6.07) is 6.98. The van der Waals surface area contributed by atoms with Gasteiger partial charge in [0.15, 0.2) is 0 Å². The summed E-state index contributed by atoms with van der Waals surface area (Å²) < 4.78 is 0. The molecule has 0 spiro atoms. The highest BCUT2D eigenvalue weighted by atomic mass is 16.3. The number of hydrogen-bond donors (Lipinski definition) is 2. The molecule has 0 fully saturated rings. The van der Waals surface area contributed by atoms with E-state index < -0.39 is 0 Å². The van der Waals surface area contributed by atoms with Gasteiger partial charge in [-0.2, -0.15) is 0 Å². The summed E-state index contributed by atoms with van der Waals surface area (Å²) in [5.74, 6) is 5.22. The molecule has 4 nitrogen and oxygen atoms in total. The number of amides is 1. The summed E-state index contributed by atoms with van der Waals surface area (Å²) in [6.07, 6.45) is 0.843. The first-order valence-corrected chi connectivity index (χ1v) is 6.32. The zero-order chi connectivity index (χ0) is 14.1. The number of benzene rings is 1. The van der Waals surface area contributed by atoms with Crippen LogP contribution in [0, 0.1) is 11.8 Å². The van der Waals surface area contributed by atoms with E-state index in [9.17, 15) is 4.79 Å². The normalized spacial score (nSPS) is 9.63. The van der Waals surface area contributed by atoms with Crippen molar-refractivity contribution in [2.24, 2.45) is 0 Å². The highest BCUT2D eigenvalue weighted by Crippen LogP contribution is 2.08. The van der Waals surface area contributed by atoms with Gasteiger partial charge in [0, 0.05) is 24.2 Å². The van der Waals surface area contributed by atoms with E-state index in [4.69, 9.17) is 10.2 Å². The van der Waals surface area contributed by atoms with E-state index in [1.54, 1.807) is 29.2 Å². The smallest absolute Gasteiger partial charge is 0.253 e. The average molecular weight is 261 g/mol. The molecule has 0 atom stereocenters. The van der Waals surface area contributed by atoms with Gasteiger partial charge >= 0.3 is 0 Å². The van der Waals surface area contributed by atoms with E-state index in [0.29, 0.717) is 24.2 Å². The Bertz CT molecular complexity index is 468. The van der Waals surface area contributed by atoms with Crippen molar-refractivity contribution in [3.8, 4) is 11.8 Å². The quantitative estimate of drug-likeness (QED) is 0.773. The predicted octanol–water partition coefficient (Wildman–Crippen LogP) is 0.875. The number of aliphatic hydroxyl groups excluding tert-OH is 2. The van der Waals surface area contributed by atoms with Gasteiger partial charge in [-0.1, -0.05) is 24.8 Å². The summed E-state index contributed by atoms with van der Waals surface area (Å²) in [6.45, 7) is 2.69. The van der Waals surface area contributed by atoms with E-state index in [0.717, 1.165) is 6.42 Å². The van der Waals surface area contributed by atoms with Crippen molar-refractivity contribution >= 4 is 5.91 Å². The Morgan fingerprint density at radius 1 is 1.32 bits per heavy atom. The van der Waals surface area contributed by atoms with Crippen LogP contribution in [0.1, 0.15) is 29.3 Å². The molecule has 1 aromatic rings. The second-order valence-corrected chi connectivity index (χ2v) is 4.06. The maximum absolute atomic E-state index is 12.3. The largest absolute Gasteiger partial charge is 0.395 e. The molecule has 0 bridgehead atoms. The molecule has 0 aliphatic heterocycles. The summed E-state index contributed by atoms with van der Waals surface area (Å²) in [5, 5.41) is 17.6. The molecule has 0 aliphatic carbocycles. The molecule has 2 N–H and O–H groups in total. The van der Waals surface area contributed by atoms with Gasteiger partial charge in [-0.3, -0.25) is 4.79 Å². The molecular formula is C15H19NO3. The molecule has 1 amide bonds. The van der Waals surface area contributed by atoms with Crippen molar-refractivity contribution in [2.45, 2.75) is 13.3 Å². The number of rotatable bonds is 5. The minimum absolute atomic E-state index is 0.0459. The van der Waals surface area contributed by atoms with Gasteiger partial charge in [-0.25, -0.2) is 0 Å². The van der Waals surface area contributed by atoms with Gasteiger partial charge in [0.2, 0.25) is 0 Å². The zero-order valence-electron chi connectivity index (χ0n) is 11.1. The molecule has 4 heteroatoms. The minimum Gasteiger partial charge on any atom is -0.395 e. The highest BCUT2D eigenvalue weighted by molar-refractivity contribution is 5.94. The second-order valence-electron chi connectivity index (χ2n) is 4.06. The van der Waals surface area contributed by atoms with Crippen LogP contribution in [0.2, 0.25) is 0 Å². The van der Waals surface area contributed by atoms with Gasteiger partial charge in [-0.15, -0.1) is 0 Å². The lowest BCUT2D eigenvalue weighted by atomic mass is 10.1. The van der Waals surface area contributed by atoms with E-state index in [1.165, 1.54) is 0 Å². The molecule has 0 unspecified atom stereocenters. The third-order valence-electron chi connectivity index (χ3n) is 2.57. The highest BCUT2D eigenvalue weighted by Gasteiger charge is 2.14. The maximum Gasteiger partial charge on any atom is 0.253 e. The van der Waals surface area contributed by atoms with Crippen LogP contribution in [0.15, 0.2) is 24.3 Å². The van der Waals surface area contributed by atoms with Crippen LogP contribution in [-0.2, 0) is 0 Å². The Morgan fingerprint density at radius 3 is 2.74 bits per heavy atom. The first-order chi connectivity index (χ1) is 9.22. The van der Waals surface area contributed by atoms with Crippen LogP contribution in [0.5, 0.6) is 0 Å². The van der Waals surface area contributed by atoms with Crippen LogP contribution < -0.4 is 0 Å². The van der Waals surface area contributed by atoms with Crippen molar-refractivity contribution < 1.29 is 15.0 Å². The molecule has 0 aliphatic rings. The van der Waals surface area contributed by atoms with Crippen molar-refractivity contribution in [3.05, 3.63) is 35.4 Å². The molecule has 0 saturated heterocycles. The Kier molecular flexibility index (Phi) is 6.65. The Labute approximate surface area is 113 Å². The summed E-state index contributed by atoms with van der Waals surface area (Å²) in [4.78, 5) is 13.9. The molecule has 19 heavy (non-hydrogen) atoms. The van der Waals surface area contributed by atoms with Crippen molar-refractivity contribution in [2.75, 3.05) is 26.3 Å². The van der Waals surface area contributed by atoms with Gasteiger partial charge in [0.05, 0.1) is 6.61 Å². The predicted molar refractivity (Wildman–Crippen MR) is 73.7 cm³/mol. The van der Waals surface area contributed by atoms with Gasteiger partial charge < -0.3 is 15.1 Å². The lowest BCUT2D eigenvalue weighted by molar-refractivity contribution is 0.0722. The van der Waals surface area contributed by atoms with Crippen LogP contribution in [0.4, 0.5) is 0 Å². The first-order valence-electron chi connectivity index (χ1n) is 6.32. The Balaban J connectivity index is 2.91. The number of aliphatic hydroxyl groups is 2. The van der Waals surface area contributed by atoms with E-state index in [2.05, 4.69) is 11.8 Å². The van der Waals surface area contributed by atoms with E-state index in [1.807, 2.05) is 6.92 Å². The monoisotopic (exact) mass is 261 g/mol. The van der Waals surface area contributed by atoms with Crippen LogP contribution in [0.25, 0.3) is 0 Å². The summed E-state index contributed by atoms with van der Waals surface area (Å²) >= 11 is 0. The van der Waals surface area contributed by atoms with Crippen molar-refractivity contribution in [1.82, 2.24) is 4.90 Å². The van der Waals surface area contributed by atoms with Crippen molar-refractivity contribution in [3.63, 3.8) is 0 Å². The molecule has 102 valence electrons. The van der Waals surface area contributed by atoms with E-state index >= 15 is 0 Å². The topological polar surface area (TPSA) is 60.8 Å². The fourth-order valence-electron chi connectivity index (χ4n) is 1.76. The molecule has 0 heterocycles. The van der Waals surface area contributed by atoms with Gasteiger partial charge in [0.1, 0.15) is 6.61 Å². The van der Waals surface area contributed by atoms with Crippen molar-refractivity contribution in [1.29, 1.82) is 0 Å². The standard InChI is InChI=1S/C15H19NO3/c1-2-8-16(9-11-18)15(19)14-7-3-5-13(12-14)6-4-10-17/h3,5,7,12,17-18H,2,8-11H2,1H3.